The van der Waals surface area contributed by atoms with Gasteiger partial charge in [-0.3, -0.25) is 0 Å². The average molecular weight is 402 g/mol. The van der Waals surface area contributed by atoms with Gasteiger partial charge >= 0.3 is 5.97 Å². The van der Waals surface area contributed by atoms with Crippen LogP contribution in [0.2, 0.25) is 5.02 Å². The summed E-state index contributed by atoms with van der Waals surface area (Å²) in [5, 5.41) is 23.0. The van der Waals surface area contributed by atoms with E-state index in [0.717, 1.165) is 17.0 Å². The van der Waals surface area contributed by atoms with Gasteiger partial charge in [-0.2, -0.15) is 5.11 Å². The number of azo groups is 1. The Morgan fingerprint density at radius 1 is 1.15 bits per heavy atom. The molecule has 27 heavy (non-hydrogen) atoms. The van der Waals surface area contributed by atoms with Gasteiger partial charge in [0.25, 0.3) is 0 Å². The van der Waals surface area contributed by atoms with Crippen molar-refractivity contribution >= 4 is 51.0 Å². The molecular formula is C19H16ClN3O3S. The van der Waals surface area contributed by atoms with Crippen molar-refractivity contribution in [1.29, 1.82) is 0 Å². The lowest BCUT2D eigenvalue weighted by molar-refractivity contribution is 0.0529. The van der Waals surface area contributed by atoms with Crippen molar-refractivity contribution in [3.8, 4) is 5.75 Å². The second kappa shape index (κ2) is 8.66. The second-order valence-electron chi connectivity index (χ2n) is 5.35. The topological polar surface area (TPSA) is 83.3 Å². The Labute approximate surface area is 165 Å². The van der Waals surface area contributed by atoms with Crippen LogP contribution in [0.5, 0.6) is 5.75 Å². The Hall–Kier alpha value is -2.90. The first kappa shape index (κ1) is 18.9. The number of esters is 1. The number of carbonyl (C=O) groups is 1. The van der Waals surface area contributed by atoms with Crippen molar-refractivity contribution in [2.24, 2.45) is 10.2 Å². The number of ether oxygens (including phenoxy) is 1. The van der Waals surface area contributed by atoms with Crippen LogP contribution in [0, 0.1) is 0 Å². The lowest BCUT2D eigenvalue weighted by atomic mass is 10.3. The summed E-state index contributed by atoms with van der Waals surface area (Å²) in [5.74, 6) is -0.876. The maximum atomic E-state index is 12.1. The van der Waals surface area contributed by atoms with Gasteiger partial charge in [0.15, 0.2) is 16.3 Å². The molecule has 0 bridgehead atoms. The summed E-state index contributed by atoms with van der Waals surface area (Å²) in [7, 11) is 0. The number of nitrogens with one attached hydrogen (secondary N) is 1. The van der Waals surface area contributed by atoms with E-state index >= 15 is 0 Å². The minimum atomic E-state index is -0.607. The first-order valence-corrected chi connectivity index (χ1v) is 9.30. The maximum Gasteiger partial charge on any atom is 0.352 e. The van der Waals surface area contributed by atoms with Crippen molar-refractivity contribution in [1.82, 2.24) is 0 Å². The number of hydrogen-bond donors (Lipinski definition) is 2. The fraction of sp³-hybridized carbons (Fsp3) is 0.105. The lowest BCUT2D eigenvalue weighted by Crippen LogP contribution is -2.01. The van der Waals surface area contributed by atoms with E-state index < -0.39 is 5.97 Å². The van der Waals surface area contributed by atoms with E-state index in [1.807, 2.05) is 30.3 Å². The van der Waals surface area contributed by atoms with Gasteiger partial charge in [0, 0.05) is 10.7 Å². The van der Waals surface area contributed by atoms with Gasteiger partial charge in [0.05, 0.1) is 12.3 Å². The van der Waals surface area contributed by atoms with E-state index in [0.29, 0.717) is 15.7 Å². The Balaban J connectivity index is 1.98. The molecule has 0 radical (unpaired) electrons. The molecule has 0 atom stereocenters. The zero-order valence-electron chi connectivity index (χ0n) is 14.3. The minimum absolute atomic E-state index is 0.0698. The Bertz CT molecular complexity index is 956. The van der Waals surface area contributed by atoms with Crippen molar-refractivity contribution in [2.45, 2.75) is 6.92 Å². The molecule has 0 aliphatic carbocycles. The van der Waals surface area contributed by atoms with E-state index in [-0.39, 0.29) is 22.9 Å². The Kier molecular flexibility index (Phi) is 6.05. The van der Waals surface area contributed by atoms with Gasteiger partial charge in [-0.15, -0.1) is 16.5 Å². The number of benzene rings is 2. The molecule has 8 heteroatoms. The van der Waals surface area contributed by atoms with Gasteiger partial charge < -0.3 is 15.2 Å². The molecule has 3 rings (SSSR count). The third-order valence-corrected chi connectivity index (χ3v) is 4.76. The monoisotopic (exact) mass is 401 g/mol. The molecule has 0 saturated heterocycles. The van der Waals surface area contributed by atoms with E-state index in [4.69, 9.17) is 16.3 Å². The number of para-hydroxylation sites is 1. The highest BCUT2D eigenvalue weighted by Gasteiger charge is 2.24. The number of nitrogens with zero attached hydrogens (tertiary/aromatic N) is 2. The first-order valence-electron chi connectivity index (χ1n) is 8.10. The normalized spacial score (nSPS) is 10.9. The van der Waals surface area contributed by atoms with Gasteiger partial charge in [-0.05, 0) is 43.3 Å². The number of hydrogen-bond acceptors (Lipinski definition) is 7. The molecule has 0 amide bonds. The summed E-state index contributed by atoms with van der Waals surface area (Å²) < 4.78 is 5.00. The van der Waals surface area contributed by atoms with Gasteiger partial charge in [0.1, 0.15) is 5.00 Å². The number of halogens is 1. The second-order valence-corrected chi connectivity index (χ2v) is 6.80. The lowest BCUT2D eigenvalue weighted by Gasteiger charge is -2.03. The van der Waals surface area contributed by atoms with Crippen molar-refractivity contribution in [3.05, 3.63) is 64.5 Å². The molecule has 1 heterocycles. The molecule has 3 aromatic rings. The third-order valence-electron chi connectivity index (χ3n) is 3.44. The highest BCUT2D eigenvalue weighted by molar-refractivity contribution is 7.19. The van der Waals surface area contributed by atoms with Crippen molar-refractivity contribution < 1.29 is 14.6 Å². The summed E-state index contributed by atoms with van der Waals surface area (Å²) in [6, 6.07) is 16.1. The molecular weight excluding hydrogens is 386 g/mol. The fourth-order valence-electron chi connectivity index (χ4n) is 2.19. The largest absolute Gasteiger partial charge is 0.504 e. The molecule has 0 aliphatic rings. The number of aromatic hydroxyl groups is 1. The third kappa shape index (κ3) is 4.64. The molecule has 2 aromatic carbocycles. The number of thiophene rings is 1. The molecule has 0 spiro atoms. The molecule has 0 unspecified atom stereocenters. The number of rotatable bonds is 6. The fourth-order valence-corrected chi connectivity index (χ4v) is 3.26. The van der Waals surface area contributed by atoms with Crippen LogP contribution in [-0.2, 0) is 4.74 Å². The summed E-state index contributed by atoms with van der Waals surface area (Å²) in [5.41, 5.74) is 1.52. The van der Waals surface area contributed by atoms with Gasteiger partial charge in [-0.1, -0.05) is 29.8 Å². The van der Waals surface area contributed by atoms with E-state index in [1.165, 1.54) is 0 Å². The standard InChI is InChI=1S/C19H16ClN3O3S/c1-2-26-19(25)17-16(24)15(23-22-14-10-8-12(20)9-11-14)18(27-17)21-13-6-4-3-5-7-13/h3-11,21,24H,2H2,1H3. The predicted molar refractivity (Wildman–Crippen MR) is 107 cm³/mol. The highest BCUT2D eigenvalue weighted by Crippen LogP contribution is 2.47. The quantitative estimate of drug-likeness (QED) is 0.367. The minimum Gasteiger partial charge on any atom is -0.504 e. The first-order chi connectivity index (χ1) is 13.1. The maximum absolute atomic E-state index is 12.1. The molecule has 0 aliphatic heterocycles. The predicted octanol–water partition coefficient (Wildman–Crippen LogP) is 6.44. The SMILES string of the molecule is CCOC(=O)c1sc(Nc2ccccc2)c(N=Nc2ccc(Cl)cc2)c1O. The molecule has 1 aromatic heterocycles. The summed E-state index contributed by atoms with van der Waals surface area (Å²) in [6.45, 7) is 1.91. The van der Waals surface area contributed by atoms with Gasteiger partial charge in [-0.25, -0.2) is 4.79 Å². The zero-order chi connectivity index (χ0) is 19.2. The van der Waals surface area contributed by atoms with E-state index in [2.05, 4.69) is 15.5 Å². The number of carbonyl (C=O) groups excluding carboxylic acids is 1. The molecule has 0 saturated carbocycles. The van der Waals surface area contributed by atoms with Crippen LogP contribution in [0.25, 0.3) is 0 Å². The van der Waals surface area contributed by atoms with Crippen molar-refractivity contribution in [3.63, 3.8) is 0 Å². The van der Waals surface area contributed by atoms with Crippen LogP contribution >= 0.6 is 22.9 Å². The molecule has 2 N–H and O–H groups in total. The molecule has 0 fully saturated rings. The zero-order valence-corrected chi connectivity index (χ0v) is 15.9. The van der Waals surface area contributed by atoms with Crippen LogP contribution in [0.3, 0.4) is 0 Å². The number of anilines is 2. The molecule has 138 valence electrons. The smallest absolute Gasteiger partial charge is 0.352 e. The van der Waals surface area contributed by atoms with Crippen LogP contribution in [0.15, 0.2) is 64.8 Å². The average Bonchev–Trinajstić information content (AvgIpc) is 2.98. The Morgan fingerprint density at radius 2 is 1.85 bits per heavy atom. The summed E-state index contributed by atoms with van der Waals surface area (Å²) in [4.78, 5) is 12.2. The highest BCUT2D eigenvalue weighted by atomic mass is 35.5. The van der Waals surface area contributed by atoms with Crippen LogP contribution < -0.4 is 5.32 Å². The van der Waals surface area contributed by atoms with Crippen LogP contribution in [0.4, 0.5) is 22.1 Å². The summed E-state index contributed by atoms with van der Waals surface area (Å²) >= 11 is 6.92. The Morgan fingerprint density at radius 3 is 2.52 bits per heavy atom. The summed E-state index contributed by atoms with van der Waals surface area (Å²) in [6.07, 6.45) is 0. The van der Waals surface area contributed by atoms with Gasteiger partial charge in [0.2, 0.25) is 0 Å². The van der Waals surface area contributed by atoms with Crippen molar-refractivity contribution in [2.75, 3.05) is 11.9 Å². The van der Waals surface area contributed by atoms with Crippen LogP contribution in [-0.4, -0.2) is 17.7 Å². The van der Waals surface area contributed by atoms with Crippen LogP contribution in [0.1, 0.15) is 16.6 Å². The molecule has 6 nitrogen and oxygen atoms in total. The van der Waals surface area contributed by atoms with E-state index in [1.54, 1.807) is 31.2 Å². The van der Waals surface area contributed by atoms with E-state index in [9.17, 15) is 9.90 Å².